The van der Waals surface area contributed by atoms with Crippen molar-refractivity contribution < 1.29 is 4.79 Å². The van der Waals surface area contributed by atoms with E-state index in [0.717, 1.165) is 33.3 Å². The Bertz CT molecular complexity index is 1130. The summed E-state index contributed by atoms with van der Waals surface area (Å²) in [6.07, 6.45) is 3.41. The molecule has 0 spiro atoms. The summed E-state index contributed by atoms with van der Waals surface area (Å²) >= 11 is 0. The van der Waals surface area contributed by atoms with E-state index in [1.807, 2.05) is 54.7 Å². The SMILES string of the molecule is NC(=O)N/N=C/c1cn(-c2ccccc2)nc1-c1ccc2ccccc2c1. The summed E-state index contributed by atoms with van der Waals surface area (Å²) in [5.74, 6) is 0. The molecule has 0 unspecified atom stereocenters. The summed E-state index contributed by atoms with van der Waals surface area (Å²) in [5.41, 5.74) is 10.7. The molecule has 1 heterocycles. The van der Waals surface area contributed by atoms with Crippen LogP contribution in [-0.4, -0.2) is 22.0 Å². The Kier molecular flexibility index (Phi) is 4.37. The van der Waals surface area contributed by atoms with Crippen LogP contribution in [0.15, 0.2) is 84.1 Å². The number of rotatable bonds is 4. The largest absolute Gasteiger partial charge is 0.350 e. The third-order valence-corrected chi connectivity index (χ3v) is 4.16. The number of para-hydroxylation sites is 1. The molecule has 2 amide bonds. The van der Waals surface area contributed by atoms with Crippen molar-refractivity contribution in [2.24, 2.45) is 10.8 Å². The fraction of sp³-hybridized carbons (Fsp3) is 0. The number of carbonyl (C=O) groups is 1. The van der Waals surface area contributed by atoms with Gasteiger partial charge in [0.25, 0.3) is 0 Å². The number of fused-ring (bicyclic) bond motifs is 1. The number of nitrogens with two attached hydrogens (primary N) is 1. The van der Waals surface area contributed by atoms with Gasteiger partial charge in [0.2, 0.25) is 0 Å². The first-order chi connectivity index (χ1) is 13.2. The number of benzene rings is 3. The van der Waals surface area contributed by atoms with Gasteiger partial charge in [-0.25, -0.2) is 14.9 Å². The maximum Gasteiger partial charge on any atom is 0.332 e. The van der Waals surface area contributed by atoms with Crippen LogP contribution in [0.1, 0.15) is 5.56 Å². The molecule has 0 bridgehead atoms. The molecule has 132 valence electrons. The molecule has 0 aliphatic rings. The standard InChI is InChI=1S/C21H17N5O/c22-21(27)24-23-13-18-14-26(19-8-2-1-3-9-19)25-20(18)17-11-10-15-6-4-5-7-16(15)12-17/h1-14H,(H3,22,24,27)/b23-13+. The second-order valence-electron chi connectivity index (χ2n) is 6.01. The average molecular weight is 355 g/mol. The molecule has 0 aliphatic heterocycles. The van der Waals surface area contributed by atoms with Crippen molar-refractivity contribution in [2.45, 2.75) is 0 Å². The molecule has 4 aromatic rings. The summed E-state index contributed by atoms with van der Waals surface area (Å²) in [6.45, 7) is 0. The Morgan fingerprint density at radius 2 is 1.74 bits per heavy atom. The lowest BCUT2D eigenvalue weighted by atomic mass is 10.0. The van der Waals surface area contributed by atoms with E-state index in [0.29, 0.717) is 0 Å². The quantitative estimate of drug-likeness (QED) is 0.432. The fourth-order valence-corrected chi connectivity index (χ4v) is 2.92. The number of urea groups is 1. The molecule has 0 atom stereocenters. The maximum absolute atomic E-state index is 10.9. The first-order valence-corrected chi connectivity index (χ1v) is 8.43. The lowest BCUT2D eigenvalue weighted by molar-refractivity contribution is 0.249. The molecule has 6 nitrogen and oxygen atoms in total. The zero-order valence-electron chi connectivity index (χ0n) is 14.4. The van der Waals surface area contributed by atoms with Crippen LogP contribution in [0.25, 0.3) is 27.7 Å². The normalized spacial score (nSPS) is 11.1. The molecule has 0 radical (unpaired) electrons. The van der Waals surface area contributed by atoms with Crippen molar-refractivity contribution in [1.82, 2.24) is 15.2 Å². The van der Waals surface area contributed by atoms with E-state index in [4.69, 9.17) is 10.8 Å². The molecule has 27 heavy (non-hydrogen) atoms. The van der Waals surface area contributed by atoms with Gasteiger partial charge in [-0.15, -0.1) is 0 Å². The third kappa shape index (κ3) is 3.55. The van der Waals surface area contributed by atoms with E-state index >= 15 is 0 Å². The second kappa shape index (κ2) is 7.13. The minimum atomic E-state index is -0.714. The highest BCUT2D eigenvalue weighted by atomic mass is 16.2. The first kappa shape index (κ1) is 16.5. The molecular formula is C21H17N5O. The van der Waals surface area contributed by atoms with E-state index in [1.54, 1.807) is 10.9 Å². The lowest BCUT2D eigenvalue weighted by Gasteiger charge is -2.03. The molecule has 1 aromatic heterocycles. The Balaban J connectivity index is 1.82. The molecule has 4 rings (SSSR count). The first-order valence-electron chi connectivity index (χ1n) is 8.43. The van der Waals surface area contributed by atoms with Crippen LogP contribution in [0.4, 0.5) is 4.79 Å². The number of hydrogen-bond acceptors (Lipinski definition) is 3. The minimum Gasteiger partial charge on any atom is -0.350 e. The van der Waals surface area contributed by atoms with Gasteiger partial charge in [-0.05, 0) is 29.0 Å². The van der Waals surface area contributed by atoms with Gasteiger partial charge < -0.3 is 5.73 Å². The van der Waals surface area contributed by atoms with E-state index in [-0.39, 0.29) is 0 Å². The monoisotopic (exact) mass is 355 g/mol. The van der Waals surface area contributed by atoms with Gasteiger partial charge in [-0.3, -0.25) is 0 Å². The van der Waals surface area contributed by atoms with Gasteiger partial charge in [0, 0.05) is 17.3 Å². The van der Waals surface area contributed by atoms with Crippen LogP contribution in [0.5, 0.6) is 0 Å². The predicted octanol–water partition coefficient (Wildman–Crippen LogP) is 3.69. The van der Waals surface area contributed by atoms with Gasteiger partial charge in [0.15, 0.2) is 0 Å². The highest BCUT2D eigenvalue weighted by molar-refractivity contribution is 5.93. The number of nitrogens with one attached hydrogen (secondary N) is 1. The molecule has 0 fully saturated rings. The number of carbonyl (C=O) groups excluding carboxylic acids is 1. The van der Waals surface area contributed by atoms with Gasteiger partial charge in [-0.2, -0.15) is 10.2 Å². The number of hydrazone groups is 1. The van der Waals surface area contributed by atoms with Crippen LogP contribution >= 0.6 is 0 Å². The van der Waals surface area contributed by atoms with Crippen molar-refractivity contribution in [3.8, 4) is 16.9 Å². The van der Waals surface area contributed by atoms with Crippen molar-refractivity contribution in [3.63, 3.8) is 0 Å². The highest BCUT2D eigenvalue weighted by Gasteiger charge is 2.12. The van der Waals surface area contributed by atoms with Crippen molar-refractivity contribution in [1.29, 1.82) is 0 Å². The van der Waals surface area contributed by atoms with Crippen LogP contribution in [0.3, 0.4) is 0 Å². The molecule has 6 heteroatoms. The predicted molar refractivity (Wildman–Crippen MR) is 107 cm³/mol. The number of aromatic nitrogens is 2. The van der Waals surface area contributed by atoms with Crippen LogP contribution in [0, 0.1) is 0 Å². The molecule has 3 N–H and O–H groups in total. The van der Waals surface area contributed by atoms with E-state index in [9.17, 15) is 4.79 Å². The number of primary amides is 1. The van der Waals surface area contributed by atoms with Gasteiger partial charge in [0.05, 0.1) is 11.9 Å². The van der Waals surface area contributed by atoms with E-state index in [2.05, 4.69) is 34.8 Å². The Labute approximate surface area is 155 Å². The second-order valence-corrected chi connectivity index (χ2v) is 6.01. The highest BCUT2D eigenvalue weighted by Crippen LogP contribution is 2.26. The van der Waals surface area contributed by atoms with Gasteiger partial charge in [-0.1, -0.05) is 54.6 Å². The Morgan fingerprint density at radius 1 is 1.00 bits per heavy atom. The fourth-order valence-electron chi connectivity index (χ4n) is 2.92. The van der Waals surface area contributed by atoms with Crippen molar-refractivity contribution in [2.75, 3.05) is 0 Å². The van der Waals surface area contributed by atoms with Crippen LogP contribution in [0.2, 0.25) is 0 Å². The van der Waals surface area contributed by atoms with Crippen LogP contribution in [-0.2, 0) is 0 Å². The summed E-state index contributed by atoms with van der Waals surface area (Å²) < 4.78 is 1.79. The van der Waals surface area contributed by atoms with E-state index < -0.39 is 6.03 Å². The number of nitrogens with zero attached hydrogens (tertiary/aromatic N) is 3. The summed E-state index contributed by atoms with van der Waals surface area (Å²) in [4.78, 5) is 10.9. The lowest BCUT2D eigenvalue weighted by Crippen LogP contribution is -2.24. The third-order valence-electron chi connectivity index (χ3n) is 4.16. The smallest absolute Gasteiger partial charge is 0.332 e. The zero-order chi connectivity index (χ0) is 18.6. The number of amides is 2. The molecule has 0 aliphatic carbocycles. The topological polar surface area (TPSA) is 85.3 Å². The molecule has 3 aromatic carbocycles. The average Bonchev–Trinajstić information content (AvgIpc) is 3.12. The zero-order valence-corrected chi connectivity index (χ0v) is 14.4. The number of hydrogen-bond donors (Lipinski definition) is 2. The minimum absolute atomic E-state index is 0.714. The Hall–Kier alpha value is -3.93. The van der Waals surface area contributed by atoms with Gasteiger partial charge in [0.1, 0.15) is 5.69 Å². The summed E-state index contributed by atoms with van der Waals surface area (Å²) in [5, 5.41) is 10.9. The summed E-state index contributed by atoms with van der Waals surface area (Å²) in [6, 6.07) is 23.4. The molecular weight excluding hydrogens is 338 g/mol. The maximum atomic E-state index is 10.9. The van der Waals surface area contributed by atoms with Crippen molar-refractivity contribution in [3.05, 3.63) is 84.6 Å². The summed E-state index contributed by atoms with van der Waals surface area (Å²) in [7, 11) is 0. The molecule has 0 saturated heterocycles. The van der Waals surface area contributed by atoms with Crippen molar-refractivity contribution >= 4 is 23.0 Å². The van der Waals surface area contributed by atoms with E-state index in [1.165, 1.54) is 0 Å². The Morgan fingerprint density at radius 3 is 2.52 bits per heavy atom. The van der Waals surface area contributed by atoms with Crippen LogP contribution < -0.4 is 11.2 Å². The van der Waals surface area contributed by atoms with Gasteiger partial charge >= 0.3 is 6.03 Å². The molecule has 0 saturated carbocycles.